The summed E-state index contributed by atoms with van der Waals surface area (Å²) in [4.78, 5) is 15.3. The molecule has 0 fully saturated rings. The van der Waals surface area contributed by atoms with Gasteiger partial charge in [0, 0.05) is 23.6 Å². The number of hydrogen-bond acceptors (Lipinski definition) is 2. The molecule has 2 aromatic rings. The zero-order chi connectivity index (χ0) is 15.4. The third-order valence-electron chi connectivity index (χ3n) is 4.19. The van der Waals surface area contributed by atoms with Gasteiger partial charge in [-0.3, -0.25) is 4.79 Å². The molecule has 21 heavy (non-hydrogen) atoms. The molecular formula is C17H25N3O. The van der Waals surface area contributed by atoms with E-state index in [2.05, 4.69) is 31.1 Å². The normalized spacial score (nSPS) is 14.3. The smallest absolute Gasteiger partial charge is 0.237 e. The number of amides is 1. The van der Waals surface area contributed by atoms with Crippen LogP contribution in [0.3, 0.4) is 0 Å². The van der Waals surface area contributed by atoms with Crippen molar-refractivity contribution in [1.29, 1.82) is 0 Å². The number of aromatic amines is 1. The largest absolute Gasteiger partial charge is 0.361 e. The lowest BCUT2D eigenvalue weighted by atomic mass is 9.98. The first kappa shape index (κ1) is 15.6. The highest BCUT2D eigenvalue weighted by Gasteiger charge is 2.17. The molecule has 0 saturated carbocycles. The van der Waals surface area contributed by atoms with E-state index < -0.39 is 6.04 Å². The number of H-pyrrole nitrogens is 1. The number of aromatic nitrogens is 1. The molecule has 0 bridgehead atoms. The molecule has 4 nitrogen and oxygen atoms in total. The molecule has 0 spiro atoms. The maximum absolute atomic E-state index is 12.1. The van der Waals surface area contributed by atoms with E-state index in [4.69, 9.17) is 5.73 Å². The van der Waals surface area contributed by atoms with Gasteiger partial charge in [-0.05, 0) is 29.9 Å². The number of nitrogens with one attached hydrogen (secondary N) is 2. The number of benzene rings is 1. The summed E-state index contributed by atoms with van der Waals surface area (Å²) in [7, 11) is 0. The summed E-state index contributed by atoms with van der Waals surface area (Å²) in [6.45, 7) is 7.12. The Bertz CT molecular complexity index is 603. The first-order valence-corrected chi connectivity index (χ1v) is 7.57. The van der Waals surface area contributed by atoms with Crippen LogP contribution in [0.5, 0.6) is 0 Å². The molecule has 0 aliphatic carbocycles. The molecule has 1 unspecified atom stereocenters. The molecule has 1 aromatic carbocycles. The minimum atomic E-state index is -0.511. The second-order valence-corrected chi connectivity index (χ2v) is 6.14. The fourth-order valence-electron chi connectivity index (χ4n) is 2.26. The molecule has 4 N–H and O–H groups in total. The van der Waals surface area contributed by atoms with Gasteiger partial charge in [0.2, 0.25) is 5.91 Å². The fraction of sp³-hybridized carbons (Fsp3) is 0.471. The topological polar surface area (TPSA) is 70.9 Å². The number of hydrogen-bond donors (Lipinski definition) is 3. The maximum atomic E-state index is 12.1. The summed E-state index contributed by atoms with van der Waals surface area (Å²) in [5.41, 5.74) is 8.20. The van der Waals surface area contributed by atoms with E-state index in [1.165, 1.54) is 0 Å². The highest BCUT2D eigenvalue weighted by atomic mass is 16.2. The Hall–Kier alpha value is -1.81. The van der Waals surface area contributed by atoms with Crippen LogP contribution < -0.4 is 11.1 Å². The lowest BCUT2D eigenvalue weighted by Crippen LogP contribution is -2.43. The van der Waals surface area contributed by atoms with Gasteiger partial charge >= 0.3 is 0 Å². The molecule has 0 aliphatic rings. The predicted molar refractivity (Wildman–Crippen MR) is 87.0 cm³/mol. The Morgan fingerprint density at radius 2 is 2.00 bits per heavy atom. The number of carbonyl (C=O) groups is 1. The third-order valence-corrected chi connectivity index (χ3v) is 4.19. The van der Waals surface area contributed by atoms with Gasteiger partial charge in [-0.2, -0.15) is 0 Å². The Balaban J connectivity index is 1.94. The quantitative estimate of drug-likeness (QED) is 0.763. The average molecular weight is 287 g/mol. The molecule has 0 aliphatic heterocycles. The summed E-state index contributed by atoms with van der Waals surface area (Å²) in [6.07, 6.45) is 2.49. The van der Waals surface area contributed by atoms with E-state index in [0.717, 1.165) is 16.5 Å². The van der Waals surface area contributed by atoms with Crippen molar-refractivity contribution in [2.24, 2.45) is 17.6 Å². The van der Waals surface area contributed by atoms with E-state index in [9.17, 15) is 4.79 Å². The first-order chi connectivity index (χ1) is 9.99. The van der Waals surface area contributed by atoms with Crippen LogP contribution in [0, 0.1) is 11.8 Å². The summed E-state index contributed by atoms with van der Waals surface area (Å²) in [5, 5.41) is 4.09. The number of fused-ring (bicyclic) bond motifs is 1. The van der Waals surface area contributed by atoms with Gasteiger partial charge in [0.15, 0.2) is 0 Å². The molecule has 1 aromatic heterocycles. The first-order valence-electron chi connectivity index (χ1n) is 7.57. The van der Waals surface area contributed by atoms with Crippen molar-refractivity contribution in [1.82, 2.24) is 10.3 Å². The molecule has 2 rings (SSSR count). The predicted octanol–water partition coefficient (Wildman–Crippen LogP) is 2.45. The molecule has 114 valence electrons. The zero-order valence-electron chi connectivity index (χ0n) is 13.0. The SMILES string of the molecule is CC(C)C(C)CNC(=O)[C@@H](N)Cc1c[nH]c2ccccc12. The minimum absolute atomic E-state index is 0.0761. The Kier molecular flexibility index (Phi) is 5.02. The maximum Gasteiger partial charge on any atom is 0.237 e. The van der Waals surface area contributed by atoms with E-state index in [1.54, 1.807) is 0 Å². The van der Waals surface area contributed by atoms with Gasteiger partial charge in [-0.25, -0.2) is 0 Å². The molecule has 1 amide bonds. The van der Waals surface area contributed by atoms with Crippen LogP contribution in [0.15, 0.2) is 30.5 Å². The highest BCUT2D eigenvalue weighted by Crippen LogP contribution is 2.18. The zero-order valence-corrected chi connectivity index (χ0v) is 13.0. The van der Waals surface area contributed by atoms with Crippen LogP contribution in [0.2, 0.25) is 0 Å². The highest BCUT2D eigenvalue weighted by molar-refractivity contribution is 5.86. The Labute approximate surface area is 126 Å². The molecular weight excluding hydrogens is 262 g/mol. The minimum Gasteiger partial charge on any atom is -0.361 e. The number of para-hydroxylation sites is 1. The second-order valence-electron chi connectivity index (χ2n) is 6.14. The lowest BCUT2D eigenvalue weighted by Gasteiger charge is -2.18. The van der Waals surface area contributed by atoms with Crippen molar-refractivity contribution >= 4 is 16.8 Å². The monoisotopic (exact) mass is 287 g/mol. The van der Waals surface area contributed by atoms with Crippen LogP contribution in [0.4, 0.5) is 0 Å². The molecule has 1 heterocycles. The van der Waals surface area contributed by atoms with Crippen LogP contribution in [0.1, 0.15) is 26.3 Å². The van der Waals surface area contributed by atoms with Crippen LogP contribution in [0.25, 0.3) is 10.9 Å². The van der Waals surface area contributed by atoms with Gasteiger partial charge in [-0.1, -0.05) is 39.0 Å². The van der Waals surface area contributed by atoms with Crippen molar-refractivity contribution in [2.75, 3.05) is 6.54 Å². The van der Waals surface area contributed by atoms with Gasteiger partial charge < -0.3 is 16.0 Å². The van der Waals surface area contributed by atoms with Gasteiger partial charge in [0.05, 0.1) is 6.04 Å². The molecule has 2 atom stereocenters. The number of rotatable bonds is 6. The Morgan fingerprint density at radius 1 is 1.29 bits per heavy atom. The van der Waals surface area contributed by atoms with Crippen LogP contribution in [-0.4, -0.2) is 23.5 Å². The van der Waals surface area contributed by atoms with Gasteiger partial charge in [0.1, 0.15) is 0 Å². The lowest BCUT2D eigenvalue weighted by molar-refractivity contribution is -0.122. The summed E-state index contributed by atoms with van der Waals surface area (Å²) >= 11 is 0. The fourth-order valence-corrected chi connectivity index (χ4v) is 2.26. The van der Waals surface area contributed by atoms with E-state index in [1.807, 2.05) is 30.5 Å². The Morgan fingerprint density at radius 3 is 2.71 bits per heavy atom. The van der Waals surface area contributed by atoms with Crippen molar-refractivity contribution < 1.29 is 4.79 Å². The van der Waals surface area contributed by atoms with Gasteiger partial charge in [-0.15, -0.1) is 0 Å². The van der Waals surface area contributed by atoms with Crippen molar-refractivity contribution in [3.05, 3.63) is 36.0 Å². The van der Waals surface area contributed by atoms with E-state index >= 15 is 0 Å². The van der Waals surface area contributed by atoms with E-state index in [-0.39, 0.29) is 5.91 Å². The second kappa shape index (κ2) is 6.76. The summed E-state index contributed by atoms with van der Waals surface area (Å²) in [6, 6.07) is 7.54. The number of nitrogens with two attached hydrogens (primary N) is 1. The van der Waals surface area contributed by atoms with Crippen LogP contribution >= 0.6 is 0 Å². The standard InChI is InChI=1S/C17H25N3O/c1-11(2)12(3)9-20-17(21)15(18)8-13-10-19-16-7-5-4-6-14(13)16/h4-7,10-12,15,19H,8-9,18H2,1-3H3,(H,20,21)/t12?,15-/m0/s1. The average Bonchev–Trinajstić information content (AvgIpc) is 2.87. The summed E-state index contributed by atoms with van der Waals surface area (Å²) < 4.78 is 0. The van der Waals surface area contributed by atoms with Crippen molar-refractivity contribution in [3.8, 4) is 0 Å². The van der Waals surface area contributed by atoms with Crippen molar-refractivity contribution in [2.45, 2.75) is 33.2 Å². The van der Waals surface area contributed by atoms with Crippen LogP contribution in [-0.2, 0) is 11.2 Å². The summed E-state index contributed by atoms with van der Waals surface area (Å²) in [5.74, 6) is 0.928. The molecule has 0 radical (unpaired) electrons. The van der Waals surface area contributed by atoms with Crippen molar-refractivity contribution in [3.63, 3.8) is 0 Å². The van der Waals surface area contributed by atoms with Gasteiger partial charge in [0.25, 0.3) is 0 Å². The third kappa shape index (κ3) is 3.85. The number of carbonyl (C=O) groups excluding carboxylic acids is 1. The molecule has 0 saturated heterocycles. The van der Waals surface area contributed by atoms with E-state index in [0.29, 0.717) is 24.8 Å². The molecule has 4 heteroatoms.